The van der Waals surface area contributed by atoms with E-state index in [0.717, 1.165) is 6.08 Å². The largest absolute Gasteiger partial charge is 0.462 e. The number of benzene rings is 1. The van der Waals surface area contributed by atoms with Crippen molar-refractivity contribution >= 4 is 35.8 Å². The molecular weight excluding hydrogens is 552 g/mol. The van der Waals surface area contributed by atoms with E-state index in [4.69, 9.17) is 28.8 Å². The van der Waals surface area contributed by atoms with Crippen LogP contribution in [0.2, 0.25) is 0 Å². The van der Waals surface area contributed by atoms with Gasteiger partial charge in [-0.1, -0.05) is 32.0 Å². The molecule has 1 aromatic carbocycles. The minimum Gasteiger partial charge on any atom is -0.462 e. The lowest BCUT2D eigenvalue weighted by atomic mass is 9.90. The van der Waals surface area contributed by atoms with E-state index < -0.39 is 53.6 Å². The van der Waals surface area contributed by atoms with E-state index in [1.807, 2.05) is 0 Å². The molecule has 13 heteroatoms. The number of carbonyl (C=O) groups excluding carboxylic acids is 5. The molecule has 2 saturated heterocycles. The van der Waals surface area contributed by atoms with Gasteiger partial charge in [0.1, 0.15) is 31.7 Å². The van der Waals surface area contributed by atoms with Crippen molar-refractivity contribution in [1.82, 2.24) is 10.6 Å². The summed E-state index contributed by atoms with van der Waals surface area (Å²) in [4.78, 5) is 62.2. The van der Waals surface area contributed by atoms with Crippen molar-refractivity contribution < 1.29 is 52.8 Å². The fourth-order valence-electron chi connectivity index (χ4n) is 4.69. The Hall–Kier alpha value is -4.07. The van der Waals surface area contributed by atoms with E-state index in [2.05, 4.69) is 10.6 Å². The van der Waals surface area contributed by atoms with Crippen LogP contribution in [0.15, 0.2) is 42.0 Å². The number of fused-ring (bicyclic) bond motifs is 1. The summed E-state index contributed by atoms with van der Waals surface area (Å²) in [6.07, 6.45) is 1.09. The van der Waals surface area contributed by atoms with E-state index in [1.54, 1.807) is 38.1 Å². The number of carbonyl (C=O) groups is 5. The third-order valence-electron chi connectivity index (χ3n) is 6.94. The Bertz CT molecular complexity index is 1270. The number of aliphatic hydroxyl groups excluding tert-OH is 1. The van der Waals surface area contributed by atoms with Gasteiger partial charge in [0.25, 0.3) is 0 Å². The molecule has 2 amide bonds. The molecule has 2 fully saturated rings. The Labute approximate surface area is 242 Å². The van der Waals surface area contributed by atoms with E-state index in [9.17, 15) is 24.0 Å². The molecular formula is C29H34N2O11. The Balaban J connectivity index is 1.39. The summed E-state index contributed by atoms with van der Waals surface area (Å²) in [5, 5.41) is 14.0. The molecule has 1 aliphatic carbocycles. The van der Waals surface area contributed by atoms with Crippen molar-refractivity contribution in [2.75, 3.05) is 33.1 Å². The van der Waals surface area contributed by atoms with E-state index >= 15 is 0 Å². The minimum absolute atomic E-state index is 0.0312. The van der Waals surface area contributed by atoms with Crippen LogP contribution in [0.4, 0.5) is 0 Å². The van der Waals surface area contributed by atoms with Crippen LogP contribution in [0.3, 0.4) is 0 Å². The molecule has 0 spiro atoms. The van der Waals surface area contributed by atoms with E-state index in [0.29, 0.717) is 11.1 Å². The average Bonchev–Trinajstić information content (AvgIpc) is 3.55. The van der Waals surface area contributed by atoms with Crippen molar-refractivity contribution in [2.45, 2.75) is 51.1 Å². The van der Waals surface area contributed by atoms with Gasteiger partial charge in [-0.2, -0.15) is 0 Å². The third-order valence-corrected chi connectivity index (χ3v) is 6.94. The first-order chi connectivity index (χ1) is 20.1. The third kappa shape index (κ3) is 7.60. The Morgan fingerprint density at radius 1 is 1.10 bits per heavy atom. The van der Waals surface area contributed by atoms with Crippen molar-refractivity contribution in [3.05, 3.63) is 53.1 Å². The molecule has 4 rings (SSSR count). The predicted octanol–water partition coefficient (Wildman–Crippen LogP) is 0.406. The molecule has 0 aromatic heterocycles. The average molecular weight is 587 g/mol. The molecule has 0 unspecified atom stereocenters. The maximum atomic E-state index is 13.3. The summed E-state index contributed by atoms with van der Waals surface area (Å²) in [7, 11) is 0. The first-order valence-corrected chi connectivity index (χ1v) is 13.5. The second-order valence-electron chi connectivity index (χ2n) is 10.6. The van der Waals surface area contributed by atoms with Gasteiger partial charge in [0.05, 0.1) is 12.2 Å². The normalized spacial score (nSPS) is 24.4. The molecule has 4 atom stereocenters. The Morgan fingerprint density at radius 3 is 2.62 bits per heavy atom. The molecule has 13 nitrogen and oxygen atoms in total. The monoisotopic (exact) mass is 586 g/mol. The second-order valence-corrected chi connectivity index (χ2v) is 10.6. The van der Waals surface area contributed by atoms with Crippen LogP contribution in [0, 0.1) is 5.41 Å². The number of aliphatic hydroxyl groups is 1. The zero-order valence-electron chi connectivity index (χ0n) is 23.3. The van der Waals surface area contributed by atoms with Crippen molar-refractivity contribution in [2.24, 2.45) is 5.41 Å². The Morgan fingerprint density at radius 2 is 1.88 bits per heavy atom. The Kier molecular flexibility index (Phi) is 10.1. The van der Waals surface area contributed by atoms with Gasteiger partial charge in [0, 0.05) is 43.0 Å². The standard InChI is InChI=1S/C29H34N2O11/c1-29(2)15-38-28(37)25(29)42-23(34)8-7-17-5-3-4-6-19(17)27(36)41-21-14-18(13-20-24(21)40-16-39-20)26(35)31-10-9-22(33)30-11-12-32/h3-8,13,20-21,24-25,32H,9-12,14-16H2,1-2H3,(H,30,33)(H,31,35)/t20-,21-,24-,25+/m1/s1. The second kappa shape index (κ2) is 13.7. The summed E-state index contributed by atoms with van der Waals surface area (Å²) in [6, 6.07) is 6.46. The van der Waals surface area contributed by atoms with Crippen LogP contribution < -0.4 is 10.6 Å². The van der Waals surface area contributed by atoms with Gasteiger partial charge in [-0.15, -0.1) is 0 Å². The number of hydrogen-bond donors (Lipinski definition) is 3. The van der Waals surface area contributed by atoms with Crippen LogP contribution in [-0.2, 0) is 42.9 Å². The summed E-state index contributed by atoms with van der Waals surface area (Å²) in [6.45, 7) is 3.63. The summed E-state index contributed by atoms with van der Waals surface area (Å²) in [5.74, 6) is -2.83. The number of cyclic esters (lactones) is 1. The number of rotatable bonds is 11. The van der Waals surface area contributed by atoms with Gasteiger partial charge in [-0.25, -0.2) is 14.4 Å². The highest BCUT2D eigenvalue weighted by atomic mass is 16.7. The summed E-state index contributed by atoms with van der Waals surface area (Å²) in [5.41, 5.74) is 0.189. The fourth-order valence-corrected chi connectivity index (χ4v) is 4.69. The lowest BCUT2D eigenvalue weighted by Crippen LogP contribution is -2.43. The zero-order chi connectivity index (χ0) is 30.3. The molecule has 2 heterocycles. The lowest BCUT2D eigenvalue weighted by Gasteiger charge is -2.30. The van der Waals surface area contributed by atoms with Gasteiger partial charge >= 0.3 is 17.9 Å². The van der Waals surface area contributed by atoms with Crippen LogP contribution in [0.25, 0.3) is 6.08 Å². The van der Waals surface area contributed by atoms with Gasteiger partial charge in [0.2, 0.25) is 17.9 Å². The van der Waals surface area contributed by atoms with Gasteiger partial charge in [-0.05, 0) is 23.8 Å². The molecule has 3 aliphatic rings. The van der Waals surface area contributed by atoms with Crippen molar-refractivity contribution in [3.8, 4) is 0 Å². The van der Waals surface area contributed by atoms with Gasteiger partial charge < -0.3 is 39.4 Å². The number of ether oxygens (including phenoxy) is 5. The zero-order valence-corrected chi connectivity index (χ0v) is 23.3. The van der Waals surface area contributed by atoms with E-state index in [-0.39, 0.29) is 57.4 Å². The summed E-state index contributed by atoms with van der Waals surface area (Å²) < 4.78 is 27.3. The molecule has 1 aromatic rings. The number of nitrogens with one attached hydrogen (secondary N) is 2. The predicted molar refractivity (Wildman–Crippen MR) is 144 cm³/mol. The van der Waals surface area contributed by atoms with Gasteiger partial charge in [-0.3, -0.25) is 9.59 Å². The topological polar surface area (TPSA) is 176 Å². The molecule has 3 N–H and O–H groups in total. The minimum atomic E-state index is -1.04. The first-order valence-electron chi connectivity index (χ1n) is 13.5. The SMILES string of the molecule is CC1(C)COC(=O)[C@@H]1OC(=O)C=Cc1ccccc1C(=O)O[C@@H]1CC(C(=O)NCCC(=O)NCCO)=C[C@H]2OCO[C@H]21. The maximum absolute atomic E-state index is 13.3. The van der Waals surface area contributed by atoms with Crippen LogP contribution in [-0.4, -0.2) is 92.3 Å². The van der Waals surface area contributed by atoms with Crippen molar-refractivity contribution in [3.63, 3.8) is 0 Å². The lowest BCUT2D eigenvalue weighted by molar-refractivity contribution is -0.159. The summed E-state index contributed by atoms with van der Waals surface area (Å²) >= 11 is 0. The number of hydrogen-bond acceptors (Lipinski definition) is 11. The number of esters is 3. The van der Waals surface area contributed by atoms with Crippen LogP contribution in [0.5, 0.6) is 0 Å². The highest BCUT2D eigenvalue weighted by Crippen LogP contribution is 2.32. The molecule has 0 saturated carbocycles. The highest BCUT2D eigenvalue weighted by Gasteiger charge is 2.46. The smallest absolute Gasteiger partial charge is 0.348 e. The van der Waals surface area contributed by atoms with Crippen LogP contribution >= 0.6 is 0 Å². The van der Waals surface area contributed by atoms with Crippen LogP contribution in [0.1, 0.15) is 42.6 Å². The molecule has 226 valence electrons. The maximum Gasteiger partial charge on any atom is 0.348 e. The molecule has 2 aliphatic heterocycles. The highest BCUT2D eigenvalue weighted by molar-refractivity contribution is 5.97. The van der Waals surface area contributed by atoms with Gasteiger partial charge in [0.15, 0.2) is 0 Å². The van der Waals surface area contributed by atoms with E-state index in [1.165, 1.54) is 12.1 Å². The first kappa shape index (κ1) is 30.9. The fraction of sp³-hybridized carbons (Fsp3) is 0.483. The quantitative estimate of drug-likeness (QED) is 0.186. The molecule has 0 radical (unpaired) electrons. The molecule has 42 heavy (non-hydrogen) atoms. The number of amides is 2. The van der Waals surface area contributed by atoms with Crippen molar-refractivity contribution in [1.29, 1.82) is 0 Å². The molecule has 0 bridgehead atoms.